The summed E-state index contributed by atoms with van der Waals surface area (Å²) in [5.41, 5.74) is 0.110. The molecule has 1 aromatic rings. The van der Waals surface area contributed by atoms with Crippen molar-refractivity contribution in [2.24, 2.45) is 5.92 Å². The van der Waals surface area contributed by atoms with Crippen LogP contribution in [0.4, 0.5) is 0 Å². The highest BCUT2D eigenvalue weighted by molar-refractivity contribution is 4.95. The molecule has 18 heavy (non-hydrogen) atoms. The van der Waals surface area contributed by atoms with Gasteiger partial charge in [0.25, 0.3) is 0 Å². The number of hydrogen-bond donors (Lipinski definition) is 1. The fourth-order valence-corrected chi connectivity index (χ4v) is 2.53. The lowest BCUT2D eigenvalue weighted by Gasteiger charge is -2.18. The van der Waals surface area contributed by atoms with Crippen LogP contribution in [-0.4, -0.2) is 10.5 Å². The molecule has 1 aliphatic carbocycles. The van der Waals surface area contributed by atoms with Crippen molar-refractivity contribution < 1.29 is 4.42 Å². The number of oxazole rings is 1. The average molecular weight is 250 g/mol. The Morgan fingerprint density at radius 1 is 1.33 bits per heavy atom. The number of hydrogen-bond acceptors (Lipinski definition) is 3. The van der Waals surface area contributed by atoms with Gasteiger partial charge in [-0.1, -0.05) is 25.7 Å². The second-order valence-corrected chi connectivity index (χ2v) is 6.51. The summed E-state index contributed by atoms with van der Waals surface area (Å²) in [5.74, 6) is 2.78. The molecule has 1 fully saturated rings. The molecule has 0 unspecified atom stereocenters. The first kappa shape index (κ1) is 13.6. The van der Waals surface area contributed by atoms with E-state index in [0.717, 1.165) is 24.0 Å². The summed E-state index contributed by atoms with van der Waals surface area (Å²) in [6, 6.07) is 0. The van der Waals surface area contributed by atoms with Crippen LogP contribution in [0.25, 0.3) is 0 Å². The molecule has 1 heterocycles. The molecule has 0 radical (unpaired) electrons. The van der Waals surface area contributed by atoms with E-state index in [0.29, 0.717) is 6.54 Å². The molecule has 0 aliphatic heterocycles. The van der Waals surface area contributed by atoms with Crippen LogP contribution in [0.1, 0.15) is 64.5 Å². The summed E-state index contributed by atoms with van der Waals surface area (Å²) in [6.07, 6.45) is 9.87. The Labute approximate surface area is 110 Å². The van der Waals surface area contributed by atoms with Gasteiger partial charge < -0.3 is 9.73 Å². The minimum Gasteiger partial charge on any atom is -0.444 e. The molecule has 0 spiro atoms. The van der Waals surface area contributed by atoms with Gasteiger partial charge in [0.15, 0.2) is 0 Å². The topological polar surface area (TPSA) is 38.1 Å². The van der Waals surface area contributed by atoms with Gasteiger partial charge in [-0.25, -0.2) is 4.98 Å². The predicted octanol–water partition coefficient (Wildman–Crippen LogP) is 3.69. The molecule has 0 amide bonds. The number of rotatable bonds is 5. The quantitative estimate of drug-likeness (QED) is 0.866. The predicted molar refractivity (Wildman–Crippen MR) is 73.4 cm³/mol. The summed E-state index contributed by atoms with van der Waals surface area (Å²) >= 11 is 0. The fraction of sp³-hybridized carbons (Fsp3) is 0.800. The van der Waals surface area contributed by atoms with Gasteiger partial charge in [-0.2, -0.15) is 0 Å². The van der Waals surface area contributed by atoms with Crippen LogP contribution < -0.4 is 5.32 Å². The van der Waals surface area contributed by atoms with Crippen molar-refractivity contribution in [3.05, 3.63) is 17.8 Å². The normalized spacial score (nSPS) is 17.5. The SMILES string of the molecule is CC(C)(C)NCc1ncc(CCC2CCCC2)o1. The van der Waals surface area contributed by atoms with Crippen molar-refractivity contribution in [3.8, 4) is 0 Å². The van der Waals surface area contributed by atoms with E-state index in [1.165, 1.54) is 32.1 Å². The average Bonchev–Trinajstić information content (AvgIpc) is 2.94. The lowest BCUT2D eigenvalue weighted by molar-refractivity contribution is 0.365. The molecule has 3 nitrogen and oxygen atoms in total. The van der Waals surface area contributed by atoms with E-state index in [1.54, 1.807) is 0 Å². The first-order valence-electron chi connectivity index (χ1n) is 7.21. The fourth-order valence-electron chi connectivity index (χ4n) is 2.53. The van der Waals surface area contributed by atoms with Crippen LogP contribution in [0.15, 0.2) is 10.6 Å². The van der Waals surface area contributed by atoms with E-state index < -0.39 is 0 Å². The highest BCUT2D eigenvalue weighted by Crippen LogP contribution is 2.28. The molecular formula is C15H26N2O. The van der Waals surface area contributed by atoms with Crippen molar-refractivity contribution >= 4 is 0 Å². The van der Waals surface area contributed by atoms with Crippen molar-refractivity contribution in [3.63, 3.8) is 0 Å². The third-order valence-corrected chi connectivity index (χ3v) is 3.65. The molecule has 0 saturated heterocycles. The van der Waals surface area contributed by atoms with Crippen molar-refractivity contribution in [1.82, 2.24) is 10.3 Å². The number of aromatic nitrogens is 1. The van der Waals surface area contributed by atoms with Crippen LogP contribution in [-0.2, 0) is 13.0 Å². The van der Waals surface area contributed by atoms with E-state index in [9.17, 15) is 0 Å². The Morgan fingerprint density at radius 3 is 2.72 bits per heavy atom. The van der Waals surface area contributed by atoms with Gasteiger partial charge in [0.2, 0.25) is 5.89 Å². The molecule has 1 saturated carbocycles. The Balaban J connectivity index is 1.75. The zero-order valence-electron chi connectivity index (χ0n) is 12.0. The van der Waals surface area contributed by atoms with E-state index in [1.807, 2.05) is 6.20 Å². The number of nitrogens with one attached hydrogen (secondary N) is 1. The van der Waals surface area contributed by atoms with E-state index in [-0.39, 0.29) is 5.54 Å². The Hall–Kier alpha value is -0.830. The summed E-state index contributed by atoms with van der Waals surface area (Å²) < 4.78 is 5.77. The standard InChI is InChI=1S/C15H26N2O/c1-15(2,3)17-11-14-16-10-13(18-14)9-8-12-6-4-5-7-12/h10,12,17H,4-9,11H2,1-3H3. The van der Waals surface area contributed by atoms with E-state index >= 15 is 0 Å². The van der Waals surface area contributed by atoms with Gasteiger partial charge in [0.1, 0.15) is 5.76 Å². The Kier molecular flexibility index (Phi) is 4.44. The molecule has 1 aromatic heterocycles. The van der Waals surface area contributed by atoms with Gasteiger partial charge >= 0.3 is 0 Å². The summed E-state index contributed by atoms with van der Waals surface area (Å²) in [6.45, 7) is 7.16. The zero-order valence-corrected chi connectivity index (χ0v) is 12.0. The summed E-state index contributed by atoms with van der Waals surface area (Å²) in [5, 5.41) is 3.39. The van der Waals surface area contributed by atoms with Gasteiger partial charge in [0, 0.05) is 12.0 Å². The van der Waals surface area contributed by atoms with Gasteiger partial charge in [-0.15, -0.1) is 0 Å². The van der Waals surface area contributed by atoms with E-state index in [2.05, 4.69) is 31.1 Å². The molecule has 102 valence electrons. The third kappa shape index (κ3) is 4.45. The second kappa shape index (κ2) is 5.87. The Bertz CT molecular complexity index is 359. The minimum atomic E-state index is 0.110. The highest BCUT2D eigenvalue weighted by Gasteiger charge is 2.16. The molecule has 1 aliphatic rings. The van der Waals surface area contributed by atoms with Gasteiger partial charge in [-0.05, 0) is 33.1 Å². The van der Waals surface area contributed by atoms with Crippen LogP contribution in [0.5, 0.6) is 0 Å². The first-order chi connectivity index (χ1) is 8.53. The van der Waals surface area contributed by atoms with Gasteiger partial charge in [0.05, 0.1) is 12.7 Å². The third-order valence-electron chi connectivity index (χ3n) is 3.65. The highest BCUT2D eigenvalue weighted by atomic mass is 16.4. The van der Waals surface area contributed by atoms with Crippen molar-refractivity contribution in [2.45, 2.75) is 71.4 Å². The first-order valence-corrected chi connectivity index (χ1v) is 7.21. The summed E-state index contributed by atoms with van der Waals surface area (Å²) in [7, 11) is 0. The number of nitrogens with zero attached hydrogens (tertiary/aromatic N) is 1. The van der Waals surface area contributed by atoms with Crippen LogP contribution in [0.3, 0.4) is 0 Å². The maximum absolute atomic E-state index is 5.77. The molecule has 0 bridgehead atoms. The van der Waals surface area contributed by atoms with Crippen molar-refractivity contribution in [1.29, 1.82) is 0 Å². The smallest absolute Gasteiger partial charge is 0.208 e. The van der Waals surface area contributed by atoms with Crippen LogP contribution in [0.2, 0.25) is 0 Å². The Morgan fingerprint density at radius 2 is 2.06 bits per heavy atom. The summed E-state index contributed by atoms with van der Waals surface area (Å²) in [4.78, 5) is 4.34. The molecule has 1 N–H and O–H groups in total. The molecule has 3 heteroatoms. The van der Waals surface area contributed by atoms with Crippen LogP contribution >= 0.6 is 0 Å². The van der Waals surface area contributed by atoms with Gasteiger partial charge in [-0.3, -0.25) is 0 Å². The lowest BCUT2D eigenvalue weighted by Crippen LogP contribution is -2.35. The molecule has 2 rings (SSSR count). The maximum Gasteiger partial charge on any atom is 0.208 e. The molecule has 0 aromatic carbocycles. The van der Waals surface area contributed by atoms with Crippen LogP contribution in [0, 0.1) is 5.92 Å². The zero-order chi connectivity index (χ0) is 13.0. The molecular weight excluding hydrogens is 224 g/mol. The minimum absolute atomic E-state index is 0.110. The largest absolute Gasteiger partial charge is 0.444 e. The second-order valence-electron chi connectivity index (χ2n) is 6.51. The van der Waals surface area contributed by atoms with Crippen molar-refractivity contribution in [2.75, 3.05) is 0 Å². The molecule has 0 atom stereocenters. The monoisotopic (exact) mass is 250 g/mol. The lowest BCUT2D eigenvalue weighted by atomic mass is 10.0. The number of aryl methyl sites for hydroxylation is 1. The maximum atomic E-state index is 5.77. The van der Waals surface area contributed by atoms with E-state index in [4.69, 9.17) is 4.42 Å².